The van der Waals surface area contributed by atoms with Gasteiger partial charge in [-0.25, -0.2) is 9.78 Å². The van der Waals surface area contributed by atoms with Gasteiger partial charge in [0.1, 0.15) is 4.88 Å². The Morgan fingerprint density at radius 1 is 1.42 bits per heavy atom. The summed E-state index contributed by atoms with van der Waals surface area (Å²) in [6.07, 6.45) is 2.18. The maximum atomic E-state index is 12.4. The number of nitrogens with one attached hydrogen (secondary N) is 1. The van der Waals surface area contributed by atoms with Gasteiger partial charge in [0.05, 0.1) is 18.2 Å². The van der Waals surface area contributed by atoms with Crippen LogP contribution in [-0.2, 0) is 14.3 Å². The van der Waals surface area contributed by atoms with Gasteiger partial charge in [-0.2, -0.15) is 0 Å². The van der Waals surface area contributed by atoms with Crippen molar-refractivity contribution in [2.75, 3.05) is 25.0 Å². The van der Waals surface area contributed by atoms with E-state index in [2.05, 4.69) is 17.2 Å². The largest absolute Gasteiger partial charge is 0.462 e. The number of aromatic nitrogens is 1. The van der Waals surface area contributed by atoms with Crippen LogP contribution in [0.2, 0.25) is 0 Å². The van der Waals surface area contributed by atoms with Gasteiger partial charge in [0, 0.05) is 19.5 Å². The molecule has 0 radical (unpaired) electrons. The van der Waals surface area contributed by atoms with Crippen LogP contribution in [0.5, 0.6) is 0 Å². The van der Waals surface area contributed by atoms with Crippen LogP contribution in [0.4, 0.5) is 5.13 Å². The predicted octanol–water partition coefficient (Wildman–Crippen LogP) is 2.22. The summed E-state index contributed by atoms with van der Waals surface area (Å²) in [5.74, 6) is -1.02. The minimum absolute atomic E-state index is 0.0196. The maximum absolute atomic E-state index is 12.4. The lowest BCUT2D eigenvalue weighted by atomic mass is 10.1. The lowest BCUT2D eigenvalue weighted by Crippen LogP contribution is -2.29. The molecule has 0 spiro atoms. The molecule has 132 valence electrons. The van der Waals surface area contributed by atoms with E-state index >= 15 is 0 Å². The van der Waals surface area contributed by atoms with Crippen molar-refractivity contribution in [1.29, 1.82) is 0 Å². The number of carbonyl (C=O) groups excluding carboxylic acids is 3. The van der Waals surface area contributed by atoms with Gasteiger partial charge in [-0.3, -0.25) is 9.59 Å². The average molecular weight is 353 g/mol. The summed E-state index contributed by atoms with van der Waals surface area (Å²) in [6, 6.07) is 0. The first-order valence-electron chi connectivity index (χ1n) is 8.19. The summed E-state index contributed by atoms with van der Waals surface area (Å²) >= 11 is 1.09. The molecule has 2 heterocycles. The van der Waals surface area contributed by atoms with Crippen molar-refractivity contribution in [1.82, 2.24) is 9.88 Å². The van der Waals surface area contributed by atoms with Crippen LogP contribution in [0.25, 0.3) is 0 Å². The molecular formula is C16H23N3O4S. The molecule has 1 aliphatic rings. The molecule has 1 atom stereocenters. The number of unbranched alkanes of at least 4 members (excludes halogenated alkanes) is 1. The summed E-state index contributed by atoms with van der Waals surface area (Å²) in [7, 11) is 0. The molecule has 0 saturated carbocycles. The van der Waals surface area contributed by atoms with Gasteiger partial charge in [-0.15, -0.1) is 0 Å². The third-order valence-electron chi connectivity index (χ3n) is 3.85. The van der Waals surface area contributed by atoms with E-state index in [1.807, 2.05) is 0 Å². The second-order valence-electron chi connectivity index (χ2n) is 5.74. The van der Waals surface area contributed by atoms with Crippen LogP contribution in [0.15, 0.2) is 0 Å². The van der Waals surface area contributed by atoms with Crippen LogP contribution in [0.3, 0.4) is 0 Å². The molecule has 1 saturated heterocycles. The topological polar surface area (TPSA) is 88.6 Å². The van der Waals surface area contributed by atoms with Crippen molar-refractivity contribution in [3.05, 3.63) is 10.6 Å². The number of anilines is 1. The van der Waals surface area contributed by atoms with E-state index in [-0.39, 0.29) is 30.8 Å². The summed E-state index contributed by atoms with van der Waals surface area (Å²) < 4.78 is 4.96. The fourth-order valence-electron chi connectivity index (χ4n) is 2.56. The van der Waals surface area contributed by atoms with Gasteiger partial charge in [-0.05, 0) is 20.3 Å². The van der Waals surface area contributed by atoms with E-state index in [4.69, 9.17) is 4.74 Å². The van der Waals surface area contributed by atoms with Gasteiger partial charge in [0.2, 0.25) is 11.8 Å². The molecule has 24 heavy (non-hydrogen) atoms. The number of nitrogens with zero attached hydrogens (tertiary/aromatic N) is 2. The first-order valence-corrected chi connectivity index (χ1v) is 9.01. The maximum Gasteiger partial charge on any atom is 0.350 e. The van der Waals surface area contributed by atoms with Gasteiger partial charge in [-0.1, -0.05) is 24.7 Å². The molecule has 1 N–H and O–H groups in total. The lowest BCUT2D eigenvalue weighted by molar-refractivity contribution is -0.128. The van der Waals surface area contributed by atoms with E-state index in [9.17, 15) is 14.4 Å². The number of amides is 2. The number of aryl methyl sites for hydroxylation is 1. The van der Waals surface area contributed by atoms with E-state index in [1.54, 1.807) is 18.7 Å². The Balaban J connectivity index is 1.97. The number of hydrogen-bond acceptors (Lipinski definition) is 6. The summed E-state index contributed by atoms with van der Waals surface area (Å²) in [5.41, 5.74) is 0.529. The minimum atomic E-state index is -0.435. The fraction of sp³-hybridized carbons (Fsp3) is 0.625. The third-order valence-corrected chi connectivity index (χ3v) is 4.91. The quantitative estimate of drug-likeness (QED) is 0.759. The molecule has 7 nitrogen and oxygen atoms in total. The van der Waals surface area contributed by atoms with E-state index in [0.717, 1.165) is 24.2 Å². The van der Waals surface area contributed by atoms with E-state index in [0.29, 0.717) is 28.8 Å². The molecule has 1 aromatic heterocycles. The zero-order valence-corrected chi connectivity index (χ0v) is 15.1. The fourth-order valence-corrected chi connectivity index (χ4v) is 3.42. The monoisotopic (exact) mass is 353 g/mol. The second kappa shape index (κ2) is 8.23. The highest BCUT2D eigenvalue weighted by Crippen LogP contribution is 2.25. The standard InChI is InChI=1S/C16H23N3O4S/c1-4-6-7-19-9-11(8-12(19)20)14(21)18-16-17-10(3)13(24-16)15(22)23-5-2/h11H,4-9H2,1-3H3,(H,17,18,21)/t11-/m1/s1. The Labute approximate surface area is 145 Å². The van der Waals surface area contributed by atoms with Crippen LogP contribution in [-0.4, -0.2) is 47.4 Å². The highest BCUT2D eigenvalue weighted by atomic mass is 32.1. The number of esters is 1. The molecular weight excluding hydrogens is 330 g/mol. The van der Waals surface area contributed by atoms with Crippen LogP contribution in [0.1, 0.15) is 48.5 Å². The summed E-state index contributed by atoms with van der Waals surface area (Å²) in [4.78, 5) is 42.4. The Morgan fingerprint density at radius 3 is 2.83 bits per heavy atom. The molecule has 0 unspecified atom stereocenters. The van der Waals surface area contributed by atoms with Crippen molar-refractivity contribution in [3.8, 4) is 0 Å². The van der Waals surface area contributed by atoms with Crippen molar-refractivity contribution in [2.45, 2.75) is 40.0 Å². The van der Waals surface area contributed by atoms with Crippen molar-refractivity contribution >= 4 is 34.3 Å². The third kappa shape index (κ3) is 4.31. The van der Waals surface area contributed by atoms with Gasteiger partial charge < -0.3 is 15.0 Å². The van der Waals surface area contributed by atoms with Gasteiger partial charge in [0.25, 0.3) is 0 Å². The SMILES string of the molecule is CCCCN1C[C@H](C(=O)Nc2nc(C)c(C(=O)OCC)s2)CC1=O. The first-order chi connectivity index (χ1) is 11.5. The number of carbonyl (C=O) groups is 3. The van der Waals surface area contributed by atoms with Crippen molar-refractivity contribution in [2.24, 2.45) is 5.92 Å². The Morgan fingerprint density at radius 2 is 2.17 bits per heavy atom. The molecule has 2 rings (SSSR count). The molecule has 1 aliphatic heterocycles. The molecule has 1 fully saturated rings. The lowest BCUT2D eigenvalue weighted by Gasteiger charge is -2.15. The van der Waals surface area contributed by atoms with Gasteiger partial charge in [0.15, 0.2) is 5.13 Å². The van der Waals surface area contributed by atoms with E-state index in [1.165, 1.54) is 0 Å². The summed E-state index contributed by atoms with van der Waals surface area (Å²) in [5, 5.41) is 3.08. The van der Waals surface area contributed by atoms with Crippen LogP contribution < -0.4 is 5.32 Å². The predicted molar refractivity (Wildman–Crippen MR) is 91.0 cm³/mol. The number of likely N-dealkylation sites (tertiary alicyclic amines) is 1. The van der Waals surface area contributed by atoms with Crippen LogP contribution >= 0.6 is 11.3 Å². The Bertz CT molecular complexity index is 629. The molecule has 8 heteroatoms. The minimum Gasteiger partial charge on any atom is -0.462 e. The molecule has 0 aromatic carbocycles. The van der Waals surface area contributed by atoms with E-state index < -0.39 is 5.97 Å². The average Bonchev–Trinajstić information content (AvgIpc) is 3.08. The van der Waals surface area contributed by atoms with Crippen molar-refractivity contribution in [3.63, 3.8) is 0 Å². The number of thiazole rings is 1. The molecule has 1 aromatic rings. The normalized spacial score (nSPS) is 17.2. The zero-order valence-electron chi connectivity index (χ0n) is 14.3. The van der Waals surface area contributed by atoms with Crippen molar-refractivity contribution < 1.29 is 19.1 Å². The Hall–Kier alpha value is -1.96. The van der Waals surface area contributed by atoms with Gasteiger partial charge >= 0.3 is 5.97 Å². The Kier molecular flexibility index (Phi) is 6.30. The zero-order chi connectivity index (χ0) is 17.7. The smallest absolute Gasteiger partial charge is 0.350 e. The number of rotatable bonds is 7. The second-order valence-corrected chi connectivity index (χ2v) is 6.74. The first kappa shape index (κ1) is 18.4. The number of ether oxygens (including phenoxy) is 1. The molecule has 0 bridgehead atoms. The highest BCUT2D eigenvalue weighted by Gasteiger charge is 2.34. The molecule has 2 amide bonds. The van der Waals surface area contributed by atoms with Crippen LogP contribution in [0, 0.1) is 12.8 Å². The number of hydrogen-bond donors (Lipinski definition) is 1. The summed E-state index contributed by atoms with van der Waals surface area (Å²) in [6.45, 7) is 6.93. The highest BCUT2D eigenvalue weighted by molar-refractivity contribution is 7.17. The molecule has 0 aliphatic carbocycles.